The minimum Gasteiger partial charge on any atom is -0.298 e. The highest BCUT2D eigenvalue weighted by Crippen LogP contribution is 1.99. The summed E-state index contributed by atoms with van der Waals surface area (Å²) in [6.45, 7) is 6.50. The Kier molecular flexibility index (Phi) is 5.77. The minimum atomic E-state index is -0.375. The number of aldehydes is 1. The second-order valence-corrected chi connectivity index (χ2v) is 3.40. The van der Waals surface area contributed by atoms with Crippen LogP contribution < -0.4 is 0 Å². The third-order valence-electron chi connectivity index (χ3n) is 0.985. The van der Waals surface area contributed by atoms with Crippen LogP contribution >= 0.6 is 0 Å². The summed E-state index contributed by atoms with van der Waals surface area (Å²) < 4.78 is 12.2. The van der Waals surface area contributed by atoms with Gasteiger partial charge in [-0.05, 0) is 18.1 Å². The molecule has 1 nitrogen and oxygen atoms in total. The van der Waals surface area contributed by atoms with Gasteiger partial charge in [0, 0.05) is 5.56 Å². The molecule has 2 heteroatoms. The number of hydrogen-bond donors (Lipinski definition) is 0. The molecule has 1 aromatic carbocycles. The highest BCUT2D eigenvalue weighted by molar-refractivity contribution is 5.74. The Balaban J connectivity index is 0.000000310. The topological polar surface area (TPSA) is 17.1 Å². The summed E-state index contributed by atoms with van der Waals surface area (Å²) in [5.74, 6) is 0.458. The first-order valence-electron chi connectivity index (χ1n) is 4.27. The largest absolute Gasteiger partial charge is 0.298 e. The molecule has 1 aromatic rings. The van der Waals surface area contributed by atoms with Gasteiger partial charge in [0.2, 0.25) is 0 Å². The molecule has 13 heavy (non-hydrogen) atoms. The fraction of sp³-hybridized carbons (Fsp3) is 0.364. The summed E-state index contributed by atoms with van der Waals surface area (Å²) in [6, 6.07) is 5.54. The second kappa shape index (κ2) is 6.35. The highest BCUT2D eigenvalue weighted by Gasteiger charge is 1.89. The molecule has 0 heterocycles. The third kappa shape index (κ3) is 7.19. The van der Waals surface area contributed by atoms with Crippen LogP contribution in [-0.4, -0.2) is 6.29 Å². The van der Waals surface area contributed by atoms with Crippen LogP contribution in [0.25, 0.3) is 0 Å². The van der Waals surface area contributed by atoms with Crippen LogP contribution in [0.2, 0.25) is 0 Å². The Morgan fingerprint density at radius 3 is 2.15 bits per heavy atom. The Bertz CT molecular complexity index is 253. The van der Waals surface area contributed by atoms with Crippen LogP contribution in [0, 0.1) is 11.7 Å². The van der Waals surface area contributed by atoms with E-state index in [-0.39, 0.29) is 5.82 Å². The molecule has 0 aliphatic heterocycles. The van der Waals surface area contributed by atoms with Gasteiger partial charge < -0.3 is 0 Å². The summed E-state index contributed by atoms with van der Waals surface area (Å²) in [6.07, 6.45) is 0.614. The zero-order chi connectivity index (χ0) is 10.3. The lowest BCUT2D eigenvalue weighted by Gasteiger charge is -1.86. The average Bonchev–Trinajstić information content (AvgIpc) is 2.03. The predicted octanol–water partition coefficient (Wildman–Crippen LogP) is 3.30. The van der Waals surface area contributed by atoms with Crippen molar-refractivity contribution in [3.8, 4) is 0 Å². The minimum absolute atomic E-state index is 0.370. The number of carbonyl (C=O) groups is 1. The fourth-order valence-electron chi connectivity index (χ4n) is 0.580. The number of benzene rings is 1. The molecule has 0 unspecified atom stereocenters. The van der Waals surface area contributed by atoms with Crippen molar-refractivity contribution in [1.29, 1.82) is 0 Å². The summed E-state index contributed by atoms with van der Waals surface area (Å²) in [5, 5.41) is 0. The predicted molar refractivity (Wildman–Crippen MR) is 52.3 cm³/mol. The lowest BCUT2D eigenvalue weighted by atomic mass is 10.2. The Morgan fingerprint density at radius 2 is 1.85 bits per heavy atom. The molecule has 0 aliphatic carbocycles. The van der Waals surface area contributed by atoms with E-state index in [9.17, 15) is 9.18 Å². The van der Waals surface area contributed by atoms with E-state index in [0.29, 0.717) is 11.8 Å². The van der Waals surface area contributed by atoms with Gasteiger partial charge in [-0.3, -0.25) is 4.79 Å². The molecular weight excluding hydrogens is 167 g/mol. The van der Waals surface area contributed by atoms with E-state index >= 15 is 0 Å². The van der Waals surface area contributed by atoms with E-state index in [4.69, 9.17) is 0 Å². The van der Waals surface area contributed by atoms with Gasteiger partial charge in [-0.1, -0.05) is 32.9 Å². The maximum absolute atomic E-state index is 12.2. The van der Waals surface area contributed by atoms with Gasteiger partial charge in [0.1, 0.15) is 12.1 Å². The van der Waals surface area contributed by atoms with Crippen LogP contribution in [0.4, 0.5) is 4.39 Å². The molecule has 0 spiro atoms. The van der Waals surface area contributed by atoms with E-state index < -0.39 is 0 Å². The summed E-state index contributed by atoms with van der Waals surface area (Å²) in [7, 11) is 0. The lowest BCUT2D eigenvalue weighted by molar-refractivity contribution is 0.112. The van der Waals surface area contributed by atoms with Crippen molar-refractivity contribution in [3.63, 3.8) is 0 Å². The molecule has 1 rings (SSSR count). The van der Waals surface area contributed by atoms with E-state index in [0.717, 1.165) is 5.92 Å². The molecule has 0 aliphatic rings. The second-order valence-electron chi connectivity index (χ2n) is 3.40. The first-order chi connectivity index (χ1) is 6.06. The van der Waals surface area contributed by atoms with Crippen molar-refractivity contribution in [2.24, 2.45) is 5.92 Å². The van der Waals surface area contributed by atoms with Gasteiger partial charge in [0.15, 0.2) is 0 Å². The van der Waals surface area contributed by atoms with Crippen molar-refractivity contribution in [2.75, 3.05) is 0 Å². The van der Waals surface area contributed by atoms with Crippen LogP contribution in [0.3, 0.4) is 0 Å². The Morgan fingerprint density at radius 1 is 1.31 bits per heavy atom. The molecule has 0 saturated carbocycles. The van der Waals surface area contributed by atoms with Crippen LogP contribution in [-0.2, 0) is 0 Å². The van der Waals surface area contributed by atoms with Crippen molar-refractivity contribution >= 4 is 6.29 Å². The highest BCUT2D eigenvalue weighted by atomic mass is 19.1. The zero-order valence-electron chi connectivity index (χ0n) is 8.25. The van der Waals surface area contributed by atoms with Crippen molar-refractivity contribution in [2.45, 2.75) is 20.8 Å². The van der Waals surface area contributed by atoms with E-state index in [1.807, 2.05) is 0 Å². The van der Waals surface area contributed by atoms with Crippen molar-refractivity contribution in [1.82, 2.24) is 0 Å². The fourth-order valence-corrected chi connectivity index (χ4v) is 0.580. The van der Waals surface area contributed by atoms with Crippen LogP contribution in [0.1, 0.15) is 31.1 Å². The summed E-state index contributed by atoms with van der Waals surface area (Å²) in [5.41, 5.74) is 0.370. The van der Waals surface area contributed by atoms with Gasteiger partial charge in [-0.15, -0.1) is 0 Å². The maximum atomic E-state index is 12.2. The molecule has 0 N–H and O–H groups in total. The van der Waals surface area contributed by atoms with Gasteiger partial charge in [0.05, 0.1) is 0 Å². The number of rotatable bonds is 1. The molecule has 0 saturated heterocycles. The standard InChI is InChI=1S/C7H5FO.C4H10/c8-7-3-1-2-6(4-7)5-9;1-4(2)3/h1-5H;4H,1-3H3. The number of halogens is 1. The molecule has 0 atom stereocenters. The number of carbonyl (C=O) groups excluding carboxylic acids is 1. The van der Waals surface area contributed by atoms with Gasteiger partial charge >= 0.3 is 0 Å². The summed E-state index contributed by atoms with van der Waals surface area (Å²) >= 11 is 0. The molecular formula is C11H15FO. The summed E-state index contributed by atoms with van der Waals surface area (Å²) in [4.78, 5) is 9.99. The maximum Gasteiger partial charge on any atom is 0.150 e. The SMILES string of the molecule is CC(C)C.O=Cc1cccc(F)c1. The smallest absolute Gasteiger partial charge is 0.150 e. The monoisotopic (exact) mass is 182 g/mol. The Hall–Kier alpha value is -1.18. The van der Waals surface area contributed by atoms with Gasteiger partial charge in [-0.25, -0.2) is 4.39 Å². The normalized spacial score (nSPS) is 9.00. The molecule has 0 aromatic heterocycles. The van der Waals surface area contributed by atoms with E-state index in [1.54, 1.807) is 6.07 Å². The van der Waals surface area contributed by atoms with Crippen molar-refractivity contribution < 1.29 is 9.18 Å². The number of hydrogen-bond acceptors (Lipinski definition) is 1. The average molecular weight is 182 g/mol. The first kappa shape index (κ1) is 11.8. The molecule has 0 amide bonds. The molecule has 72 valence electrons. The van der Waals surface area contributed by atoms with Crippen LogP contribution in [0.15, 0.2) is 24.3 Å². The molecule has 0 fully saturated rings. The Labute approximate surface area is 78.6 Å². The first-order valence-corrected chi connectivity index (χ1v) is 4.27. The van der Waals surface area contributed by atoms with Crippen molar-refractivity contribution in [3.05, 3.63) is 35.6 Å². The van der Waals surface area contributed by atoms with Gasteiger partial charge in [-0.2, -0.15) is 0 Å². The molecule has 0 radical (unpaired) electrons. The van der Waals surface area contributed by atoms with Crippen LogP contribution in [0.5, 0.6) is 0 Å². The third-order valence-corrected chi connectivity index (χ3v) is 0.985. The zero-order valence-corrected chi connectivity index (χ0v) is 8.25. The van der Waals surface area contributed by atoms with Gasteiger partial charge in [0.25, 0.3) is 0 Å². The lowest BCUT2D eigenvalue weighted by Crippen LogP contribution is -1.79. The van der Waals surface area contributed by atoms with E-state index in [1.165, 1.54) is 18.2 Å². The van der Waals surface area contributed by atoms with E-state index in [2.05, 4.69) is 20.8 Å². The molecule has 0 bridgehead atoms. The quantitative estimate of drug-likeness (QED) is 0.609.